The molecule has 2 nitrogen and oxygen atoms in total. The predicted molar refractivity (Wildman–Crippen MR) is 73.4 cm³/mol. The topological polar surface area (TPSA) is 38.0 Å². The summed E-state index contributed by atoms with van der Waals surface area (Å²) in [5.74, 6) is -0.356. The minimum atomic E-state index is -0.356. The normalized spacial score (nSPS) is 12.2. The molecule has 5 heteroatoms. The maximum absolute atomic E-state index is 13.9. The number of thiocarbonyl (C=S) groups is 1. The third kappa shape index (κ3) is 2.92. The van der Waals surface area contributed by atoms with Gasteiger partial charge in [-0.15, -0.1) is 0 Å². The third-order valence-electron chi connectivity index (χ3n) is 2.36. The molecule has 0 aromatic heterocycles. The molecular formula is C11H14BrFN2S. The summed E-state index contributed by atoms with van der Waals surface area (Å²) >= 11 is 7.98. The second-order valence-corrected chi connectivity index (χ2v) is 4.84. The van der Waals surface area contributed by atoms with Gasteiger partial charge in [-0.2, -0.15) is 0 Å². The van der Waals surface area contributed by atoms with Crippen LogP contribution in [0.2, 0.25) is 0 Å². The van der Waals surface area contributed by atoms with Crippen molar-refractivity contribution in [2.24, 2.45) is 5.73 Å². The maximum atomic E-state index is 13.9. The SMILES string of the molecule is CCC(C)Nc1ccc(C(N)=S)c(Br)c1F. The average Bonchev–Trinajstić information content (AvgIpc) is 2.24. The molecule has 0 fully saturated rings. The van der Waals surface area contributed by atoms with E-state index < -0.39 is 0 Å². The van der Waals surface area contributed by atoms with Gasteiger partial charge >= 0.3 is 0 Å². The van der Waals surface area contributed by atoms with E-state index in [1.54, 1.807) is 12.1 Å². The second-order valence-electron chi connectivity index (χ2n) is 3.61. The Morgan fingerprint density at radius 1 is 1.62 bits per heavy atom. The van der Waals surface area contributed by atoms with Crippen LogP contribution in [-0.2, 0) is 0 Å². The predicted octanol–water partition coefficient (Wildman–Crippen LogP) is 3.43. The van der Waals surface area contributed by atoms with Crippen molar-refractivity contribution in [2.75, 3.05) is 5.32 Å². The van der Waals surface area contributed by atoms with E-state index in [2.05, 4.69) is 21.2 Å². The van der Waals surface area contributed by atoms with Gasteiger partial charge in [0.15, 0.2) is 5.82 Å². The van der Waals surface area contributed by atoms with Crippen molar-refractivity contribution in [1.29, 1.82) is 0 Å². The van der Waals surface area contributed by atoms with Gasteiger partial charge in [0.1, 0.15) is 4.99 Å². The molecule has 0 aliphatic heterocycles. The summed E-state index contributed by atoms with van der Waals surface area (Å²) in [4.78, 5) is 0.181. The summed E-state index contributed by atoms with van der Waals surface area (Å²) in [6, 6.07) is 3.58. The first-order chi connectivity index (χ1) is 7.47. The Labute approximate surface area is 109 Å². The van der Waals surface area contributed by atoms with Crippen molar-refractivity contribution in [2.45, 2.75) is 26.3 Å². The zero-order chi connectivity index (χ0) is 12.3. The third-order valence-corrected chi connectivity index (χ3v) is 3.36. The lowest BCUT2D eigenvalue weighted by atomic mass is 10.1. The van der Waals surface area contributed by atoms with Crippen LogP contribution in [0.25, 0.3) is 0 Å². The van der Waals surface area contributed by atoms with E-state index in [9.17, 15) is 4.39 Å². The van der Waals surface area contributed by atoms with E-state index in [-0.39, 0.29) is 16.8 Å². The lowest BCUT2D eigenvalue weighted by Crippen LogP contribution is -2.16. The van der Waals surface area contributed by atoms with Gasteiger partial charge in [0.25, 0.3) is 0 Å². The van der Waals surface area contributed by atoms with Crippen LogP contribution >= 0.6 is 28.1 Å². The molecule has 0 aliphatic carbocycles. The number of halogens is 2. The number of hydrogen-bond acceptors (Lipinski definition) is 2. The summed E-state index contributed by atoms with van der Waals surface area (Å²) in [7, 11) is 0. The molecule has 16 heavy (non-hydrogen) atoms. The zero-order valence-electron chi connectivity index (χ0n) is 9.18. The highest BCUT2D eigenvalue weighted by Crippen LogP contribution is 2.27. The fraction of sp³-hybridized carbons (Fsp3) is 0.364. The summed E-state index contributed by atoms with van der Waals surface area (Å²) in [5, 5.41) is 3.08. The van der Waals surface area contributed by atoms with Gasteiger partial charge in [0.05, 0.1) is 10.2 Å². The molecule has 1 rings (SSSR count). The van der Waals surface area contributed by atoms with Crippen molar-refractivity contribution >= 4 is 38.8 Å². The fourth-order valence-electron chi connectivity index (χ4n) is 1.22. The number of anilines is 1. The molecule has 0 bridgehead atoms. The Kier molecular flexibility index (Phi) is 4.68. The zero-order valence-corrected chi connectivity index (χ0v) is 11.6. The first kappa shape index (κ1) is 13.4. The van der Waals surface area contributed by atoms with Crippen molar-refractivity contribution in [3.63, 3.8) is 0 Å². The van der Waals surface area contributed by atoms with E-state index in [0.29, 0.717) is 15.7 Å². The highest BCUT2D eigenvalue weighted by atomic mass is 79.9. The van der Waals surface area contributed by atoms with Gasteiger partial charge in [-0.1, -0.05) is 19.1 Å². The van der Waals surface area contributed by atoms with Crippen LogP contribution in [0.1, 0.15) is 25.8 Å². The van der Waals surface area contributed by atoms with E-state index in [4.69, 9.17) is 18.0 Å². The quantitative estimate of drug-likeness (QED) is 0.837. The molecule has 0 radical (unpaired) electrons. The van der Waals surface area contributed by atoms with Crippen molar-refractivity contribution in [3.8, 4) is 0 Å². The molecule has 1 aromatic rings. The molecule has 1 aromatic carbocycles. The monoisotopic (exact) mass is 304 g/mol. The molecule has 0 saturated heterocycles. The maximum Gasteiger partial charge on any atom is 0.161 e. The number of hydrogen-bond donors (Lipinski definition) is 2. The largest absolute Gasteiger partial charge is 0.389 e. The van der Waals surface area contributed by atoms with Crippen LogP contribution in [-0.4, -0.2) is 11.0 Å². The lowest BCUT2D eigenvalue weighted by molar-refractivity contribution is 0.618. The van der Waals surface area contributed by atoms with Gasteiger partial charge in [0.2, 0.25) is 0 Å². The van der Waals surface area contributed by atoms with E-state index in [1.807, 2.05) is 13.8 Å². The Bertz CT molecular complexity index is 409. The summed E-state index contributed by atoms with van der Waals surface area (Å²) < 4.78 is 14.2. The van der Waals surface area contributed by atoms with Crippen LogP contribution in [0.15, 0.2) is 16.6 Å². The Hall–Kier alpha value is -0.680. The Balaban J connectivity index is 3.07. The summed E-state index contributed by atoms with van der Waals surface area (Å²) in [6.07, 6.45) is 0.925. The minimum absolute atomic E-state index is 0.181. The van der Waals surface area contributed by atoms with Gasteiger partial charge in [0, 0.05) is 11.6 Å². The smallest absolute Gasteiger partial charge is 0.161 e. The standard InChI is InChI=1S/C11H14BrFN2S/c1-3-6(2)15-8-5-4-7(11(14)16)9(12)10(8)13/h4-6,15H,3H2,1-2H3,(H2,14,16). The average molecular weight is 305 g/mol. The van der Waals surface area contributed by atoms with E-state index in [1.165, 1.54) is 0 Å². The van der Waals surface area contributed by atoms with Crippen LogP contribution in [0.5, 0.6) is 0 Å². The molecule has 88 valence electrons. The van der Waals surface area contributed by atoms with Gasteiger partial charge < -0.3 is 11.1 Å². The second kappa shape index (κ2) is 5.59. The Morgan fingerprint density at radius 3 is 2.75 bits per heavy atom. The summed E-state index contributed by atoms with van der Waals surface area (Å²) in [5.41, 5.74) is 6.45. The minimum Gasteiger partial charge on any atom is -0.389 e. The highest BCUT2D eigenvalue weighted by Gasteiger charge is 2.13. The highest BCUT2D eigenvalue weighted by molar-refractivity contribution is 9.10. The van der Waals surface area contributed by atoms with Gasteiger partial charge in [-0.05, 0) is 41.4 Å². The Morgan fingerprint density at radius 2 is 2.25 bits per heavy atom. The molecule has 0 amide bonds. The molecule has 3 N–H and O–H groups in total. The first-order valence-electron chi connectivity index (χ1n) is 5.01. The van der Waals surface area contributed by atoms with Crippen LogP contribution in [0.4, 0.5) is 10.1 Å². The molecular weight excluding hydrogens is 291 g/mol. The van der Waals surface area contributed by atoms with Crippen LogP contribution in [0, 0.1) is 5.82 Å². The molecule has 0 spiro atoms. The summed E-state index contributed by atoms with van der Waals surface area (Å²) in [6.45, 7) is 4.03. The van der Waals surface area contributed by atoms with Gasteiger partial charge in [-0.25, -0.2) is 4.39 Å². The number of nitrogens with one attached hydrogen (secondary N) is 1. The van der Waals surface area contributed by atoms with Crippen molar-refractivity contribution in [3.05, 3.63) is 28.0 Å². The van der Waals surface area contributed by atoms with Crippen LogP contribution in [0.3, 0.4) is 0 Å². The van der Waals surface area contributed by atoms with Crippen molar-refractivity contribution < 1.29 is 4.39 Å². The van der Waals surface area contributed by atoms with E-state index >= 15 is 0 Å². The van der Waals surface area contributed by atoms with Crippen molar-refractivity contribution in [1.82, 2.24) is 0 Å². The number of rotatable bonds is 4. The fourth-order valence-corrected chi connectivity index (χ4v) is 2.08. The molecule has 0 aliphatic rings. The van der Waals surface area contributed by atoms with Crippen LogP contribution < -0.4 is 11.1 Å². The first-order valence-corrected chi connectivity index (χ1v) is 6.21. The number of benzene rings is 1. The lowest BCUT2D eigenvalue weighted by Gasteiger charge is -2.15. The molecule has 0 saturated carbocycles. The number of nitrogens with two attached hydrogens (primary N) is 1. The van der Waals surface area contributed by atoms with E-state index in [0.717, 1.165) is 6.42 Å². The molecule has 1 unspecified atom stereocenters. The molecule has 0 heterocycles. The molecule has 1 atom stereocenters. The van der Waals surface area contributed by atoms with Gasteiger partial charge in [-0.3, -0.25) is 0 Å².